The zero-order valence-corrected chi connectivity index (χ0v) is 12.4. The summed E-state index contributed by atoms with van der Waals surface area (Å²) in [5, 5.41) is 13.8. The molecule has 7 nitrogen and oxygen atoms in total. The summed E-state index contributed by atoms with van der Waals surface area (Å²) in [7, 11) is 0. The number of nitrogens with two attached hydrogens (primary N) is 1. The minimum Gasteiger partial charge on any atom is -0.348 e. The summed E-state index contributed by atoms with van der Waals surface area (Å²) in [5.74, 6) is -0.253. The minimum absolute atomic E-state index is 0.0146. The number of nitrogens with zero attached hydrogens (tertiary/aromatic N) is 2. The zero-order chi connectivity index (χ0) is 15.6. The van der Waals surface area contributed by atoms with E-state index in [9.17, 15) is 14.9 Å². The number of amides is 1. The van der Waals surface area contributed by atoms with Crippen LogP contribution in [0.25, 0.3) is 0 Å². The van der Waals surface area contributed by atoms with Gasteiger partial charge >= 0.3 is 0 Å². The highest BCUT2D eigenvalue weighted by Crippen LogP contribution is 2.22. The van der Waals surface area contributed by atoms with Crippen LogP contribution in [0.4, 0.5) is 5.69 Å². The summed E-state index contributed by atoms with van der Waals surface area (Å²) in [6.45, 7) is 3.78. The van der Waals surface area contributed by atoms with Gasteiger partial charge in [-0.3, -0.25) is 14.9 Å². The van der Waals surface area contributed by atoms with E-state index in [4.69, 9.17) is 5.73 Å². The molecule has 3 N–H and O–H groups in total. The van der Waals surface area contributed by atoms with Gasteiger partial charge in [-0.2, -0.15) is 0 Å². The Hall–Kier alpha value is -1.89. The Bertz CT molecular complexity index is 530. The first kappa shape index (κ1) is 15.5. The molecule has 21 heavy (non-hydrogen) atoms. The number of carbonyl (C=O) groups excluding carboxylic acids is 1. The molecule has 1 aliphatic carbocycles. The van der Waals surface area contributed by atoms with Crippen LogP contribution < -0.4 is 11.1 Å². The van der Waals surface area contributed by atoms with Gasteiger partial charge in [-0.05, 0) is 39.5 Å². The van der Waals surface area contributed by atoms with Gasteiger partial charge < -0.3 is 15.6 Å². The van der Waals surface area contributed by atoms with Crippen molar-refractivity contribution in [1.29, 1.82) is 0 Å². The third-order valence-corrected chi connectivity index (χ3v) is 3.94. The quantitative estimate of drug-likeness (QED) is 0.654. The third kappa shape index (κ3) is 3.60. The number of nitro groups is 1. The fraction of sp³-hybridized carbons (Fsp3) is 0.643. The second-order valence-corrected chi connectivity index (χ2v) is 5.93. The number of hydrogen-bond donors (Lipinski definition) is 2. The van der Waals surface area contributed by atoms with Crippen LogP contribution in [0.5, 0.6) is 0 Å². The summed E-state index contributed by atoms with van der Waals surface area (Å²) in [6.07, 6.45) is 4.93. The van der Waals surface area contributed by atoms with Crippen molar-refractivity contribution in [2.45, 2.75) is 57.7 Å². The Morgan fingerprint density at radius 2 is 2.05 bits per heavy atom. The maximum atomic E-state index is 12.4. The van der Waals surface area contributed by atoms with E-state index in [2.05, 4.69) is 5.32 Å². The van der Waals surface area contributed by atoms with Gasteiger partial charge in [0.05, 0.1) is 11.1 Å². The smallest absolute Gasteiger partial charge is 0.287 e. The molecule has 116 valence electrons. The number of aromatic nitrogens is 1. The van der Waals surface area contributed by atoms with Crippen LogP contribution in [-0.4, -0.2) is 27.5 Å². The van der Waals surface area contributed by atoms with E-state index >= 15 is 0 Å². The monoisotopic (exact) mass is 294 g/mol. The Labute approximate surface area is 123 Å². The number of rotatable bonds is 4. The van der Waals surface area contributed by atoms with E-state index in [1.54, 1.807) is 4.57 Å². The fourth-order valence-electron chi connectivity index (χ4n) is 2.70. The van der Waals surface area contributed by atoms with E-state index in [-0.39, 0.29) is 29.7 Å². The molecule has 0 bridgehead atoms. The standard InChI is InChI=1S/C14H22N4O3/c1-9(2)17-8-12(18(20)21)7-13(17)14(19)16-11-5-3-10(15)4-6-11/h7-11H,3-6,15H2,1-2H3,(H,16,19). The predicted molar refractivity (Wildman–Crippen MR) is 79.2 cm³/mol. The van der Waals surface area contributed by atoms with Crippen LogP contribution in [0.2, 0.25) is 0 Å². The molecule has 0 aromatic carbocycles. The average molecular weight is 294 g/mol. The molecule has 1 aromatic heterocycles. The van der Waals surface area contributed by atoms with E-state index in [0.29, 0.717) is 5.69 Å². The van der Waals surface area contributed by atoms with E-state index in [1.165, 1.54) is 12.3 Å². The van der Waals surface area contributed by atoms with Crippen molar-refractivity contribution in [2.75, 3.05) is 0 Å². The van der Waals surface area contributed by atoms with Gasteiger partial charge in [-0.1, -0.05) is 0 Å². The first-order valence-electron chi connectivity index (χ1n) is 7.31. The highest BCUT2D eigenvalue weighted by molar-refractivity contribution is 5.93. The Morgan fingerprint density at radius 1 is 1.43 bits per heavy atom. The lowest BCUT2D eigenvalue weighted by Gasteiger charge is -2.27. The van der Waals surface area contributed by atoms with Crippen molar-refractivity contribution in [3.8, 4) is 0 Å². The van der Waals surface area contributed by atoms with Gasteiger partial charge in [0.15, 0.2) is 0 Å². The molecule has 1 amide bonds. The number of nitrogens with one attached hydrogen (secondary N) is 1. The lowest BCUT2D eigenvalue weighted by atomic mass is 9.92. The number of hydrogen-bond acceptors (Lipinski definition) is 4. The molecule has 1 aromatic rings. The van der Waals surface area contributed by atoms with Crippen molar-refractivity contribution in [2.24, 2.45) is 5.73 Å². The molecule has 1 heterocycles. The van der Waals surface area contributed by atoms with Crippen LogP contribution >= 0.6 is 0 Å². The summed E-state index contributed by atoms with van der Waals surface area (Å²) >= 11 is 0. The normalized spacial score (nSPS) is 22.3. The number of carbonyl (C=O) groups is 1. The summed E-state index contributed by atoms with van der Waals surface area (Å²) < 4.78 is 1.64. The second-order valence-electron chi connectivity index (χ2n) is 5.93. The van der Waals surface area contributed by atoms with Crippen LogP contribution in [0, 0.1) is 10.1 Å². The molecular weight excluding hydrogens is 272 g/mol. The van der Waals surface area contributed by atoms with E-state index < -0.39 is 4.92 Å². The molecule has 0 saturated heterocycles. The largest absolute Gasteiger partial charge is 0.348 e. The molecule has 1 fully saturated rings. The second kappa shape index (κ2) is 6.26. The minimum atomic E-state index is -0.477. The molecule has 0 radical (unpaired) electrons. The van der Waals surface area contributed by atoms with Crippen molar-refractivity contribution in [1.82, 2.24) is 9.88 Å². The molecule has 0 unspecified atom stereocenters. The SMILES string of the molecule is CC(C)n1cc([N+](=O)[O-])cc1C(=O)NC1CCC(N)CC1. The topological polar surface area (TPSA) is 103 Å². The van der Waals surface area contributed by atoms with Gasteiger partial charge in [0.25, 0.3) is 11.6 Å². The van der Waals surface area contributed by atoms with Crippen molar-refractivity contribution >= 4 is 11.6 Å². The molecule has 0 aliphatic heterocycles. The van der Waals surface area contributed by atoms with Gasteiger partial charge in [0.2, 0.25) is 0 Å². The van der Waals surface area contributed by atoms with Crippen molar-refractivity contribution in [3.05, 3.63) is 28.1 Å². The summed E-state index contributed by atoms with van der Waals surface area (Å²) in [6, 6.07) is 1.65. The van der Waals surface area contributed by atoms with E-state index in [1.807, 2.05) is 13.8 Å². The third-order valence-electron chi connectivity index (χ3n) is 3.94. The lowest BCUT2D eigenvalue weighted by molar-refractivity contribution is -0.384. The highest BCUT2D eigenvalue weighted by Gasteiger charge is 2.24. The van der Waals surface area contributed by atoms with Crippen LogP contribution in [-0.2, 0) is 0 Å². The predicted octanol–water partition coefficient (Wildman–Crippen LogP) is 1.98. The maximum Gasteiger partial charge on any atom is 0.287 e. The Morgan fingerprint density at radius 3 is 2.57 bits per heavy atom. The molecule has 1 aliphatic rings. The lowest BCUT2D eigenvalue weighted by Crippen LogP contribution is -2.41. The van der Waals surface area contributed by atoms with Crippen LogP contribution in [0.3, 0.4) is 0 Å². The molecule has 7 heteroatoms. The maximum absolute atomic E-state index is 12.4. The Kier molecular flexibility index (Phi) is 4.62. The van der Waals surface area contributed by atoms with Crippen molar-refractivity contribution < 1.29 is 9.72 Å². The fourth-order valence-corrected chi connectivity index (χ4v) is 2.70. The van der Waals surface area contributed by atoms with Gasteiger partial charge in [0, 0.05) is 24.2 Å². The summed E-state index contributed by atoms with van der Waals surface area (Å²) in [5.41, 5.74) is 6.13. The molecular formula is C14H22N4O3. The summed E-state index contributed by atoms with van der Waals surface area (Å²) in [4.78, 5) is 22.8. The van der Waals surface area contributed by atoms with Crippen molar-refractivity contribution in [3.63, 3.8) is 0 Å². The van der Waals surface area contributed by atoms with Gasteiger partial charge in [-0.15, -0.1) is 0 Å². The van der Waals surface area contributed by atoms with Crippen LogP contribution in [0.15, 0.2) is 12.3 Å². The Balaban J connectivity index is 2.12. The average Bonchev–Trinajstić information content (AvgIpc) is 2.87. The molecule has 0 atom stereocenters. The molecule has 1 saturated carbocycles. The highest BCUT2D eigenvalue weighted by atomic mass is 16.6. The first-order valence-corrected chi connectivity index (χ1v) is 7.31. The van der Waals surface area contributed by atoms with Crippen LogP contribution in [0.1, 0.15) is 56.1 Å². The first-order chi connectivity index (χ1) is 9.88. The van der Waals surface area contributed by atoms with Gasteiger partial charge in [-0.25, -0.2) is 0 Å². The van der Waals surface area contributed by atoms with Gasteiger partial charge in [0.1, 0.15) is 5.69 Å². The molecule has 0 spiro atoms. The zero-order valence-electron chi connectivity index (χ0n) is 12.4. The van der Waals surface area contributed by atoms with E-state index in [0.717, 1.165) is 25.7 Å². The molecule has 2 rings (SSSR count).